The minimum atomic E-state index is -4.38. The van der Waals surface area contributed by atoms with Crippen LogP contribution in [0.5, 0.6) is 0 Å². The Labute approximate surface area is 147 Å². The lowest BCUT2D eigenvalue weighted by molar-refractivity contribution is -0.140. The summed E-state index contributed by atoms with van der Waals surface area (Å²) in [5.41, 5.74) is 1.59. The van der Waals surface area contributed by atoms with Gasteiger partial charge >= 0.3 is 6.18 Å². The lowest BCUT2D eigenvalue weighted by Crippen LogP contribution is -2.47. The van der Waals surface area contributed by atoms with Crippen LogP contribution in [-0.4, -0.2) is 41.1 Å². The molecule has 5 nitrogen and oxygen atoms in total. The molecule has 0 aromatic carbocycles. The molecule has 1 aliphatic carbocycles. The normalized spacial score (nSPS) is 17.9. The van der Waals surface area contributed by atoms with Crippen molar-refractivity contribution in [2.45, 2.75) is 32.4 Å². The number of piperazine rings is 1. The third-order valence-corrected chi connectivity index (χ3v) is 5.56. The maximum atomic E-state index is 12.7. The third-order valence-electron chi connectivity index (χ3n) is 4.66. The predicted molar refractivity (Wildman–Crippen MR) is 90.3 cm³/mol. The number of fused-ring (bicyclic) bond motifs is 1. The molecule has 0 radical (unpaired) electrons. The lowest BCUT2D eigenvalue weighted by Gasteiger charge is -2.36. The monoisotopic (exact) mass is 369 g/mol. The minimum Gasteiger partial charge on any atom is -0.353 e. The number of aryl methyl sites for hydroxylation is 2. The maximum Gasteiger partial charge on any atom is 0.434 e. The van der Waals surface area contributed by atoms with Gasteiger partial charge in [0.15, 0.2) is 10.8 Å². The largest absolute Gasteiger partial charge is 0.434 e. The zero-order chi connectivity index (χ0) is 17.6. The van der Waals surface area contributed by atoms with E-state index in [1.54, 1.807) is 0 Å². The Morgan fingerprint density at radius 3 is 2.40 bits per heavy atom. The number of nitrogens with zero attached hydrogens (tertiary/aromatic N) is 5. The van der Waals surface area contributed by atoms with Crippen LogP contribution >= 0.6 is 11.3 Å². The SMILES string of the molecule is Cc1nc2c(c(N3CCN(c4nc(C(F)(F)F)cs4)CC3)n1)CCC2. The van der Waals surface area contributed by atoms with Gasteiger partial charge in [-0.2, -0.15) is 13.2 Å². The molecule has 0 unspecified atom stereocenters. The van der Waals surface area contributed by atoms with E-state index in [0.717, 1.165) is 66.4 Å². The molecule has 2 aromatic heterocycles. The maximum absolute atomic E-state index is 12.7. The molecule has 134 valence electrons. The molecule has 0 N–H and O–H groups in total. The highest BCUT2D eigenvalue weighted by Gasteiger charge is 2.35. The Kier molecular flexibility index (Phi) is 4.05. The fourth-order valence-electron chi connectivity index (χ4n) is 3.44. The van der Waals surface area contributed by atoms with Gasteiger partial charge in [-0.05, 0) is 26.2 Å². The average Bonchev–Trinajstić information content (AvgIpc) is 3.23. The predicted octanol–water partition coefficient (Wildman–Crippen LogP) is 3.08. The summed E-state index contributed by atoms with van der Waals surface area (Å²) < 4.78 is 38.2. The van der Waals surface area contributed by atoms with Gasteiger partial charge in [0.05, 0.1) is 0 Å². The van der Waals surface area contributed by atoms with E-state index in [0.29, 0.717) is 18.2 Å². The van der Waals surface area contributed by atoms with Crippen molar-refractivity contribution in [1.82, 2.24) is 15.0 Å². The van der Waals surface area contributed by atoms with E-state index in [9.17, 15) is 13.2 Å². The number of halogens is 3. The van der Waals surface area contributed by atoms with E-state index < -0.39 is 11.9 Å². The van der Waals surface area contributed by atoms with Crippen LogP contribution in [0.1, 0.15) is 29.2 Å². The summed E-state index contributed by atoms with van der Waals surface area (Å²) in [5.74, 6) is 1.79. The highest BCUT2D eigenvalue weighted by Crippen LogP contribution is 2.34. The summed E-state index contributed by atoms with van der Waals surface area (Å²) in [4.78, 5) is 17.1. The van der Waals surface area contributed by atoms with Gasteiger partial charge in [0.1, 0.15) is 11.6 Å². The molecule has 9 heteroatoms. The van der Waals surface area contributed by atoms with Gasteiger partial charge in [-0.1, -0.05) is 0 Å². The molecule has 4 rings (SSSR count). The Morgan fingerprint density at radius 2 is 1.72 bits per heavy atom. The summed E-state index contributed by atoms with van der Waals surface area (Å²) in [6.07, 6.45) is -1.26. The van der Waals surface area contributed by atoms with Crippen molar-refractivity contribution in [3.8, 4) is 0 Å². The second-order valence-corrected chi connectivity index (χ2v) is 7.20. The van der Waals surface area contributed by atoms with Crippen LogP contribution in [0, 0.1) is 6.92 Å². The molecule has 25 heavy (non-hydrogen) atoms. The Bertz CT molecular complexity index is 781. The summed E-state index contributed by atoms with van der Waals surface area (Å²) in [6.45, 7) is 4.64. The number of anilines is 2. The van der Waals surface area contributed by atoms with Crippen molar-refractivity contribution in [1.29, 1.82) is 0 Å². The Morgan fingerprint density at radius 1 is 1.00 bits per heavy atom. The second-order valence-electron chi connectivity index (χ2n) is 6.36. The van der Waals surface area contributed by atoms with Crippen molar-refractivity contribution in [3.63, 3.8) is 0 Å². The second kappa shape index (κ2) is 6.12. The van der Waals surface area contributed by atoms with Crippen molar-refractivity contribution >= 4 is 22.3 Å². The third kappa shape index (κ3) is 3.17. The Hall–Kier alpha value is -1.90. The summed E-state index contributed by atoms with van der Waals surface area (Å²) in [7, 11) is 0. The van der Waals surface area contributed by atoms with Gasteiger partial charge in [-0.15, -0.1) is 11.3 Å². The first-order chi connectivity index (χ1) is 11.9. The quantitative estimate of drug-likeness (QED) is 0.814. The molecule has 1 aliphatic heterocycles. The van der Waals surface area contributed by atoms with E-state index >= 15 is 0 Å². The summed E-state index contributed by atoms with van der Waals surface area (Å²) in [6, 6.07) is 0. The van der Waals surface area contributed by atoms with Crippen LogP contribution < -0.4 is 9.80 Å². The number of aromatic nitrogens is 3. The minimum absolute atomic E-state index is 0.441. The van der Waals surface area contributed by atoms with Crippen molar-refractivity contribution in [2.75, 3.05) is 36.0 Å². The topological polar surface area (TPSA) is 45.2 Å². The van der Waals surface area contributed by atoms with E-state index in [1.807, 2.05) is 11.8 Å². The zero-order valence-corrected chi connectivity index (χ0v) is 14.6. The highest BCUT2D eigenvalue weighted by atomic mass is 32.1. The molecular weight excluding hydrogens is 351 g/mol. The van der Waals surface area contributed by atoms with Crippen LogP contribution in [0.2, 0.25) is 0 Å². The van der Waals surface area contributed by atoms with E-state index in [4.69, 9.17) is 0 Å². The van der Waals surface area contributed by atoms with Gasteiger partial charge in [0, 0.05) is 42.8 Å². The molecule has 1 fully saturated rings. The van der Waals surface area contributed by atoms with Crippen LogP contribution in [0.4, 0.5) is 24.1 Å². The van der Waals surface area contributed by atoms with Crippen LogP contribution in [-0.2, 0) is 19.0 Å². The first kappa shape index (κ1) is 16.6. The molecule has 1 saturated heterocycles. The van der Waals surface area contributed by atoms with Crippen molar-refractivity contribution < 1.29 is 13.2 Å². The number of hydrogen-bond acceptors (Lipinski definition) is 6. The molecular formula is C16H18F3N5S. The van der Waals surface area contributed by atoms with Crippen molar-refractivity contribution in [3.05, 3.63) is 28.2 Å². The summed E-state index contributed by atoms with van der Waals surface area (Å²) >= 11 is 1.05. The number of thiazole rings is 1. The zero-order valence-electron chi connectivity index (χ0n) is 13.8. The van der Waals surface area contributed by atoms with Crippen LogP contribution in [0.3, 0.4) is 0 Å². The average molecular weight is 369 g/mol. The van der Waals surface area contributed by atoms with Gasteiger partial charge in [-0.25, -0.2) is 15.0 Å². The standard InChI is InChI=1S/C16H18F3N5S/c1-10-20-12-4-2-3-11(12)14(21-10)23-5-7-24(8-6-23)15-22-13(9-25-15)16(17,18)19/h9H,2-8H2,1H3. The smallest absolute Gasteiger partial charge is 0.353 e. The van der Waals surface area contributed by atoms with Crippen LogP contribution in [0.15, 0.2) is 5.38 Å². The molecule has 2 aliphatic rings. The van der Waals surface area contributed by atoms with E-state index in [2.05, 4.69) is 19.9 Å². The fraction of sp³-hybridized carbons (Fsp3) is 0.562. The highest BCUT2D eigenvalue weighted by molar-refractivity contribution is 7.13. The lowest BCUT2D eigenvalue weighted by atomic mass is 10.2. The fourth-order valence-corrected chi connectivity index (χ4v) is 4.33. The molecule has 0 amide bonds. The van der Waals surface area contributed by atoms with Crippen LogP contribution in [0.25, 0.3) is 0 Å². The molecule has 2 aromatic rings. The number of hydrogen-bond donors (Lipinski definition) is 0. The van der Waals surface area contributed by atoms with Crippen molar-refractivity contribution in [2.24, 2.45) is 0 Å². The van der Waals surface area contributed by atoms with E-state index in [1.165, 1.54) is 5.56 Å². The first-order valence-corrected chi connectivity index (χ1v) is 9.19. The van der Waals surface area contributed by atoms with Gasteiger partial charge in [-0.3, -0.25) is 0 Å². The molecule has 0 saturated carbocycles. The van der Waals surface area contributed by atoms with E-state index in [-0.39, 0.29) is 0 Å². The summed E-state index contributed by atoms with van der Waals surface area (Å²) in [5, 5.41) is 1.53. The van der Waals surface area contributed by atoms with Gasteiger partial charge in [0.2, 0.25) is 0 Å². The van der Waals surface area contributed by atoms with Gasteiger partial charge in [0.25, 0.3) is 0 Å². The number of alkyl halides is 3. The molecule has 3 heterocycles. The first-order valence-electron chi connectivity index (χ1n) is 8.31. The molecule has 0 bridgehead atoms. The molecule has 0 atom stereocenters. The Balaban J connectivity index is 1.48. The number of rotatable bonds is 2. The molecule has 0 spiro atoms. The van der Waals surface area contributed by atoms with Gasteiger partial charge < -0.3 is 9.80 Å².